The lowest BCUT2D eigenvalue weighted by Crippen LogP contribution is -2.25. The first-order chi connectivity index (χ1) is 12.1. The van der Waals surface area contributed by atoms with Crippen molar-refractivity contribution in [3.8, 4) is 22.8 Å². The van der Waals surface area contributed by atoms with E-state index in [-0.39, 0.29) is 6.03 Å². The Labute approximate surface area is 144 Å². The molecule has 0 fully saturated rings. The monoisotopic (exact) mass is 339 g/mol. The third-order valence-electron chi connectivity index (χ3n) is 3.55. The maximum absolute atomic E-state index is 11.4. The van der Waals surface area contributed by atoms with Gasteiger partial charge in [-0.05, 0) is 30.3 Å². The van der Waals surface area contributed by atoms with Gasteiger partial charge in [0.1, 0.15) is 5.52 Å². The van der Waals surface area contributed by atoms with Gasteiger partial charge in [-0.2, -0.15) is 0 Å². The SMILES string of the molecule is CNC(=O)Nc1cnc2ccc(-c3ccc(OC)c(OC)c3)nc2n1. The molecule has 0 unspecified atom stereocenters. The number of methoxy groups -OCH3 is 2. The molecule has 0 radical (unpaired) electrons. The first-order valence-electron chi connectivity index (χ1n) is 7.49. The van der Waals surface area contributed by atoms with Crippen LogP contribution < -0.4 is 20.1 Å². The molecule has 0 saturated carbocycles. The van der Waals surface area contributed by atoms with Crippen LogP contribution in [0.3, 0.4) is 0 Å². The molecule has 3 aromatic rings. The molecular weight excluding hydrogens is 322 g/mol. The average molecular weight is 339 g/mol. The molecule has 3 rings (SSSR count). The van der Waals surface area contributed by atoms with Crippen LogP contribution in [0.4, 0.5) is 10.6 Å². The molecule has 2 amide bonds. The smallest absolute Gasteiger partial charge is 0.320 e. The van der Waals surface area contributed by atoms with Gasteiger partial charge in [0, 0.05) is 12.6 Å². The zero-order valence-corrected chi connectivity index (χ0v) is 14.0. The van der Waals surface area contributed by atoms with Crippen LogP contribution in [0.1, 0.15) is 0 Å². The van der Waals surface area contributed by atoms with E-state index < -0.39 is 0 Å². The molecule has 0 bridgehead atoms. The van der Waals surface area contributed by atoms with Crippen LogP contribution >= 0.6 is 0 Å². The third kappa shape index (κ3) is 3.42. The van der Waals surface area contributed by atoms with Crippen LogP contribution in [0.5, 0.6) is 11.5 Å². The molecule has 0 atom stereocenters. The normalized spacial score (nSPS) is 10.4. The Balaban J connectivity index is 2.01. The minimum atomic E-state index is -0.371. The molecule has 1 aromatic carbocycles. The van der Waals surface area contributed by atoms with Gasteiger partial charge in [-0.1, -0.05) is 0 Å². The highest BCUT2D eigenvalue weighted by atomic mass is 16.5. The number of hydrogen-bond donors (Lipinski definition) is 2. The van der Waals surface area contributed by atoms with E-state index in [0.717, 1.165) is 5.56 Å². The number of nitrogens with one attached hydrogen (secondary N) is 2. The predicted octanol–water partition coefficient (Wildman–Crippen LogP) is 2.46. The van der Waals surface area contributed by atoms with Gasteiger partial charge < -0.3 is 14.8 Å². The van der Waals surface area contributed by atoms with Crippen LogP contribution in [0, 0.1) is 0 Å². The van der Waals surface area contributed by atoms with E-state index in [1.165, 1.54) is 13.2 Å². The fourth-order valence-corrected chi connectivity index (χ4v) is 2.29. The lowest BCUT2D eigenvalue weighted by molar-refractivity contribution is 0.254. The molecule has 2 heterocycles. The van der Waals surface area contributed by atoms with E-state index >= 15 is 0 Å². The highest BCUT2D eigenvalue weighted by molar-refractivity contribution is 5.88. The summed E-state index contributed by atoms with van der Waals surface area (Å²) in [6.07, 6.45) is 1.48. The summed E-state index contributed by atoms with van der Waals surface area (Å²) in [4.78, 5) is 24.5. The van der Waals surface area contributed by atoms with Crippen molar-refractivity contribution >= 4 is 23.0 Å². The fraction of sp³-hybridized carbons (Fsp3) is 0.176. The summed E-state index contributed by atoms with van der Waals surface area (Å²) in [5, 5.41) is 5.03. The number of benzene rings is 1. The minimum absolute atomic E-state index is 0.323. The summed E-state index contributed by atoms with van der Waals surface area (Å²) in [5.41, 5.74) is 2.62. The van der Waals surface area contributed by atoms with Crippen molar-refractivity contribution in [3.05, 3.63) is 36.5 Å². The van der Waals surface area contributed by atoms with Gasteiger partial charge in [-0.15, -0.1) is 0 Å². The molecule has 128 valence electrons. The van der Waals surface area contributed by atoms with E-state index in [4.69, 9.17) is 9.47 Å². The van der Waals surface area contributed by atoms with Gasteiger partial charge in [0.25, 0.3) is 0 Å². The second-order valence-electron chi connectivity index (χ2n) is 5.07. The molecule has 8 nitrogen and oxygen atoms in total. The lowest BCUT2D eigenvalue weighted by atomic mass is 10.1. The largest absolute Gasteiger partial charge is 0.493 e. The van der Waals surface area contributed by atoms with Crippen LogP contribution in [0.25, 0.3) is 22.4 Å². The Morgan fingerprint density at radius 2 is 1.84 bits per heavy atom. The number of carbonyl (C=O) groups excluding carboxylic acids is 1. The summed E-state index contributed by atoms with van der Waals surface area (Å²) in [5.74, 6) is 1.58. The first-order valence-corrected chi connectivity index (χ1v) is 7.49. The van der Waals surface area contributed by atoms with Gasteiger partial charge in [-0.25, -0.2) is 19.7 Å². The number of urea groups is 1. The van der Waals surface area contributed by atoms with Crippen molar-refractivity contribution in [1.29, 1.82) is 0 Å². The zero-order valence-electron chi connectivity index (χ0n) is 14.0. The van der Waals surface area contributed by atoms with Gasteiger partial charge >= 0.3 is 6.03 Å². The van der Waals surface area contributed by atoms with Crippen molar-refractivity contribution in [3.63, 3.8) is 0 Å². The number of hydrogen-bond acceptors (Lipinski definition) is 6. The molecule has 25 heavy (non-hydrogen) atoms. The van der Waals surface area contributed by atoms with Crippen molar-refractivity contribution in [2.24, 2.45) is 0 Å². The molecule has 0 spiro atoms. The quantitative estimate of drug-likeness (QED) is 0.758. The number of amides is 2. The van der Waals surface area contributed by atoms with Crippen molar-refractivity contribution in [1.82, 2.24) is 20.3 Å². The minimum Gasteiger partial charge on any atom is -0.493 e. The van der Waals surface area contributed by atoms with Crippen molar-refractivity contribution in [2.45, 2.75) is 0 Å². The molecule has 0 aliphatic rings. The molecule has 0 aliphatic heterocycles. The Bertz CT molecular complexity index is 929. The Kier molecular flexibility index (Phi) is 4.60. The molecule has 2 aromatic heterocycles. The second kappa shape index (κ2) is 7.00. The average Bonchev–Trinajstić information content (AvgIpc) is 2.66. The maximum Gasteiger partial charge on any atom is 0.320 e. The highest BCUT2D eigenvalue weighted by Gasteiger charge is 2.09. The maximum atomic E-state index is 11.4. The number of nitrogens with zero attached hydrogens (tertiary/aromatic N) is 3. The molecular formula is C17H17N5O3. The molecule has 8 heteroatoms. The number of fused-ring (bicyclic) bond motifs is 1. The van der Waals surface area contributed by atoms with Gasteiger partial charge in [0.2, 0.25) is 0 Å². The first kappa shape index (κ1) is 16.4. The van der Waals surface area contributed by atoms with E-state index in [2.05, 4.69) is 25.6 Å². The second-order valence-corrected chi connectivity index (χ2v) is 5.07. The summed E-state index contributed by atoms with van der Waals surface area (Å²) in [7, 11) is 4.69. The lowest BCUT2D eigenvalue weighted by Gasteiger charge is -2.10. The number of carbonyl (C=O) groups is 1. The number of aromatic nitrogens is 3. The number of ether oxygens (including phenoxy) is 2. The molecule has 0 aliphatic carbocycles. The Morgan fingerprint density at radius 3 is 2.56 bits per heavy atom. The van der Waals surface area contributed by atoms with Crippen LogP contribution in [-0.4, -0.2) is 42.3 Å². The topological polar surface area (TPSA) is 98.3 Å². The Hall–Kier alpha value is -3.42. The highest BCUT2D eigenvalue weighted by Crippen LogP contribution is 2.31. The van der Waals surface area contributed by atoms with E-state index in [1.54, 1.807) is 14.2 Å². The van der Waals surface area contributed by atoms with Crippen LogP contribution in [0.2, 0.25) is 0 Å². The van der Waals surface area contributed by atoms with Crippen LogP contribution in [-0.2, 0) is 0 Å². The van der Waals surface area contributed by atoms with Gasteiger partial charge in [0.15, 0.2) is 23.0 Å². The van der Waals surface area contributed by atoms with Gasteiger partial charge in [-0.3, -0.25) is 5.32 Å². The number of pyridine rings is 1. The van der Waals surface area contributed by atoms with Gasteiger partial charge in [0.05, 0.1) is 26.1 Å². The predicted molar refractivity (Wildman–Crippen MR) is 94.0 cm³/mol. The van der Waals surface area contributed by atoms with Crippen molar-refractivity contribution < 1.29 is 14.3 Å². The summed E-state index contributed by atoms with van der Waals surface area (Å²) >= 11 is 0. The number of rotatable bonds is 4. The van der Waals surface area contributed by atoms with E-state index in [0.29, 0.717) is 34.2 Å². The van der Waals surface area contributed by atoms with E-state index in [1.807, 2.05) is 30.3 Å². The Morgan fingerprint density at radius 1 is 1.04 bits per heavy atom. The van der Waals surface area contributed by atoms with Crippen molar-refractivity contribution in [2.75, 3.05) is 26.6 Å². The van der Waals surface area contributed by atoms with E-state index in [9.17, 15) is 4.79 Å². The summed E-state index contributed by atoms with van der Waals surface area (Å²) < 4.78 is 10.6. The molecule has 2 N–H and O–H groups in total. The fourth-order valence-electron chi connectivity index (χ4n) is 2.29. The summed E-state index contributed by atoms with van der Waals surface area (Å²) in [6.45, 7) is 0. The van der Waals surface area contributed by atoms with Crippen LogP contribution in [0.15, 0.2) is 36.5 Å². The third-order valence-corrected chi connectivity index (χ3v) is 3.55. The standard InChI is InChI=1S/C17H17N5O3/c1-18-17(23)22-15-9-19-12-6-5-11(20-16(12)21-15)10-4-7-13(24-2)14(8-10)25-3/h4-9H,1-3H3,(H2,18,20,21,22,23). The molecule has 0 saturated heterocycles. The number of anilines is 1. The summed E-state index contributed by atoms with van der Waals surface area (Å²) in [6, 6.07) is 8.84. The zero-order chi connectivity index (χ0) is 17.8.